The van der Waals surface area contributed by atoms with Gasteiger partial charge in [0.2, 0.25) is 0 Å². The number of aromatic nitrogens is 2. The number of aliphatic hydroxyl groups excluding tert-OH is 1. The number of methoxy groups -OCH3 is 1. The molecule has 0 aromatic carbocycles. The van der Waals surface area contributed by atoms with Crippen LogP contribution in [0.3, 0.4) is 0 Å². The Labute approximate surface area is 102 Å². The molecule has 18 heavy (non-hydrogen) atoms. The molecule has 1 aliphatic rings. The second-order valence-corrected chi connectivity index (χ2v) is 3.94. The minimum atomic E-state index is -0.920. The monoisotopic (exact) mass is 254 g/mol. The Kier molecular flexibility index (Phi) is 3.46. The number of aliphatic hydroxyl groups is 1. The summed E-state index contributed by atoms with van der Waals surface area (Å²) in [7, 11) is 1.41. The Morgan fingerprint density at radius 3 is 2.89 bits per heavy atom. The van der Waals surface area contributed by atoms with Crippen LogP contribution in [0.1, 0.15) is 6.23 Å². The second-order valence-electron chi connectivity index (χ2n) is 3.94. The summed E-state index contributed by atoms with van der Waals surface area (Å²) < 4.78 is 11.8. The zero-order valence-corrected chi connectivity index (χ0v) is 9.78. The van der Waals surface area contributed by atoms with Crippen LogP contribution in [0.2, 0.25) is 0 Å². The highest BCUT2D eigenvalue weighted by molar-refractivity contribution is 4.99. The van der Waals surface area contributed by atoms with E-state index in [1.165, 1.54) is 30.0 Å². The summed E-state index contributed by atoms with van der Waals surface area (Å²) in [5.74, 6) is 0. The summed E-state index contributed by atoms with van der Waals surface area (Å²) in [6.07, 6.45) is -0.326. The van der Waals surface area contributed by atoms with Gasteiger partial charge in [-0.15, -0.1) is 6.58 Å². The fraction of sp³-hybridized carbons (Fsp3) is 0.455. The van der Waals surface area contributed by atoms with Gasteiger partial charge < -0.3 is 14.6 Å². The highest BCUT2D eigenvalue weighted by Crippen LogP contribution is 2.30. The number of rotatable bonds is 3. The molecular formula is C11H14N2O5. The minimum absolute atomic E-state index is 0.496. The predicted octanol–water partition coefficient (Wildman–Crippen LogP) is -1.00. The van der Waals surface area contributed by atoms with Crippen molar-refractivity contribution in [3.8, 4) is 0 Å². The highest BCUT2D eigenvalue weighted by atomic mass is 16.6. The fourth-order valence-electron chi connectivity index (χ4n) is 1.98. The molecule has 1 fully saturated rings. The van der Waals surface area contributed by atoms with E-state index in [-0.39, 0.29) is 0 Å². The van der Waals surface area contributed by atoms with Gasteiger partial charge >= 0.3 is 5.69 Å². The summed E-state index contributed by atoms with van der Waals surface area (Å²) in [5, 5.41) is 9.92. The summed E-state index contributed by atoms with van der Waals surface area (Å²) in [5.41, 5.74) is -1.12. The molecule has 0 radical (unpaired) electrons. The lowest BCUT2D eigenvalue weighted by molar-refractivity contribution is -0.0491. The number of aromatic amines is 1. The molecule has 0 saturated carbocycles. The highest BCUT2D eigenvalue weighted by Gasteiger charge is 2.44. The van der Waals surface area contributed by atoms with Gasteiger partial charge in [0.15, 0.2) is 6.23 Å². The molecule has 2 unspecified atom stereocenters. The van der Waals surface area contributed by atoms with Crippen molar-refractivity contribution in [3.63, 3.8) is 0 Å². The van der Waals surface area contributed by atoms with E-state index in [0.717, 1.165) is 0 Å². The molecular weight excluding hydrogens is 240 g/mol. The van der Waals surface area contributed by atoms with Gasteiger partial charge in [0.1, 0.15) is 18.3 Å². The summed E-state index contributed by atoms with van der Waals surface area (Å²) in [4.78, 5) is 24.8. The molecule has 2 heterocycles. The third kappa shape index (κ3) is 2.03. The van der Waals surface area contributed by atoms with E-state index in [1.807, 2.05) is 0 Å². The first-order valence-corrected chi connectivity index (χ1v) is 5.39. The number of H-pyrrole nitrogens is 1. The van der Waals surface area contributed by atoms with E-state index >= 15 is 0 Å². The van der Waals surface area contributed by atoms with Crippen molar-refractivity contribution in [2.45, 2.75) is 24.5 Å². The molecule has 0 bridgehead atoms. The Bertz CT molecular complexity index is 549. The van der Waals surface area contributed by atoms with E-state index in [2.05, 4.69) is 11.6 Å². The maximum absolute atomic E-state index is 11.7. The van der Waals surface area contributed by atoms with Crippen molar-refractivity contribution in [2.24, 2.45) is 0 Å². The molecule has 4 atom stereocenters. The Morgan fingerprint density at radius 1 is 1.61 bits per heavy atom. The van der Waals surface area contributed by atoms with E-state index in [9.17, 15) is 14.7 Å². The zero-order chi connectivity index (χ0) is 13.3. The molecule has 1 aromatic rings. The first kappa shape index (κ1) is 12.7. The number of nitrogens with zero attached hydrogens (tertiary/aromatic N) is 1. The fourth-order valence-corrected chi connectivity index (χ4v) is 1.98. The molecule has 1 aromatic heterocycles. The maximum Gasteiger partial charge on any atom is 0.330 e. The van der Waals surface area contributed by atoms with Crippen LogP contribution in [0.5, 0.6) is 0 Å². The molecule has 1 saturated heterocycles. The van der Waals surface area contributed by atoms with Crippen molar-refractivity contribution < 1.29 is 14.6 Å². The third-order valence-corrected chi connectivity index (χ3v) is 2.88. The predicted molar refractivity (Wildman–Crippen MR) is 62.2 cm³/mol. The van der Waals surface area contributed by atoms with Crippen molar-refractivity contribution in [1.82, 2.24) is 9.55 Å². The second kappa shape index (κ2) is 4.89. The number of hydrogen-bond donors (Lipinski definition) is 2. The van der Waals surface area contributed by atoms with Crippen LogP contribution in [-0.4, -0.2) is 40.1 Å². The Hall–Kier alpha value is -1.70. The van der Waals surface area contributed by atoms with Gasteiger partial charge in [0.05, 0.1) is 0 Å². The van der Waals surface area contributed by atoms with Gasteiger partial charge in [0, 0.05) is 19.4 Å². The molecule has 2 N–H and O–H groups in total. The summed E-state index contributed by atoms with van der Waals surface area (Å²) in [6.45, 7) is 3.54. The Morgan fingerprint density at radius 2 is 2.33 bits per heavy atom. The topological polar surface area (TPSA) is 93.6 Å². The average molecular weight is 254 g/mol. The van der Waals surface area contributed by atoms with E-state index in [1.54, 1.807) is 0 Å². The standard InChI is InChI=1S/C11H14N2O5/c1-3-6-8(15)9(17-2)10(18-6)13-5-4-7(14)12-11(13)16/h3-6,8-10,15H,1H2,2H3,(H,12,14,16)/t6-,8?,9?,10-/m1/s1. The SMILES string of the molecule is C=C[C@H]1O[C@@H](n2ccc(=O)[nH]c2=O)C(OC)C1O. The number of ether oxygens (including phenoxy) is 2. The molecule has 7 heteroatoms. The van der Waals surface area contributed by atoms with Crippen LogP contribution >= 0.6 is 0 Å². The van der Waals surface area contributed by atoms with Gasteiger partial charge in [-0.25, -0.2) is 4.79 Å². The number of nitrogens with one attached hydrogen (secondary N) is 1. The van der Waals surface area contributed by atoms with Crippen LogP contribution in [0.15, 0.2) is 34.5 Å². The minimum Gasteiger partial charge on any atom is -0.387 e. The first-order valence-electron chi connectivity index (χ1n) is 5.39. The quantitative estimate of drug-likeness (QED) is 0.674. The van der Waals surface area contributed by atoms with Crippen molar-refractivity contribution in [3.05, 3.63) is 45.8 Å². The molecule has 0 aliphatic carbocycles. The molecule has 98 valence electrons. The van der Waals surface area contributed by atoms with Crippen LogP contribution in [0.25, 0.3) is 0 Å². The van der Waals surface area contributed by atoms with Crippen molar-refractivity contribution in [2.75, 3.05) is 7.11 Å². The zero-order valence-electron chi connectivity index (χ0n) is 9.78. The molecule has 0 amide bonds. The van der Waals surface area contributed by atoms with E-state index < -0.39 is 35.8 Å². The van der Waals surface area contributed by atoms with Gasteiger partial charge in [-0.2, -0.15) is 0 Å². The smallest absolute Gasteiger partial charge is 0.330 e. The van der Waals surface area contributed by atoms with Crippen molar-refractivity contribution in [1.29, 1.82) is 0 Å². The van der Waals surface area contributed by atoms with Gasteiger partial charge in [-0.3, -0.25) is 14.3 Å². The molecule has 2 rings (SSSR count). The van der Waals surface area contributed by atoms with Crippen molar-refractivity contribution >= 4 is 0 Å². The van der Waals surface area contributed by atoms with E-state index in [0.29, 0.717) is 0 Å². The lowest BCUT2D eigenvalue weighted by Gasteiger charge is -2.19. The van der Waals surface area contributed by atoms with Gasteiger partial charge in [-0.1, -0.05) is 6.08 Å². The average Bonchev–Trinajstić information content (AvgIpc) is 2.65. The van der Waals surface area contributed by atoms with Crippen LogP contribution in [0, 0.1) is 0 Å². The molecule has 1 aliphatic heterocycles. The number of hydrogen-bond acceptors (Lipinski definition) is 5. The van der Waals surface area contributed by atoms with Gasteiger partial charge in [-0.05, 0) is 0 Å². The summed E-state index contributed by atoms with van der Waals surface area (Å²) >= 11 is 0. The normalized spacial score (nSPS) is 31.4. The van der Waals surface area contributed by atoms with Crippen LogP contribution in [-0.2, 0) is 9.47 Å². The van der Waals surface area contributed by atoms with Crippen LogP contribution in [0.4, 0.5) is 0 Å². The third-order valence-electron chi connectivity index (χ3n) is 2.88. The van der Waals surface area contributed by atoms with Gasteiger partial charge in [0.25, 0.3) is 5.56 Å². The molecule has 0 spiro atoms. The summed E-state index contributed by atoms with van der Waals surface area (Å²) in [6, 6.07) is 1.20. The van der Waals surface area contributed by atoms with E-state index in [4.69, 9.17) is 9.47 Å². The molecule has 7 nitrogen and oxygen atoms in total. The maximum atomic E-state index is 11.7. The Balaban J connectivity index is 2.40. The lowest BCUT2D eigenvalue weighted by atomic mass is 10.1. The largest absolute Gasteiger partial charge is 0.387 e. The van der Waals surface area contributed by atoms with Crippen LogP contribution < -0.4 is 11.2 Å². The lowest BCUT2D eigenvalue weighted by Crippen LogP contribution is -2.38. The first-order chi connectivity index (χ1) is 8.58.